The molecule has 4 nitrogen and oxygen atoms in total. The summed E-state index contributed by atoms with van der Waals surface area (Å²) in [6.07, 6.45) is 0.0890. The van der Waals surface area contributed by atoms with Gasteiger partial charge in [0.1, 0.15) is 11.5 Å². The van der Waals surface area contributed by atoms with E-state index >= 15 is 0 Å². The summed E-state index contributed by atoms with van der Waals surface area (Å²) >= 11 is 6.29. The van der Waals surface area contributed by atoms with Gasteiger partial charge in [-0.3, -0.25) is 0 Å². The van der Waals surface area contributed by atoms with Crippen molar-refractivity contribution in [3.63, 3.8) is 0 Å². The van der Waals surface area contributed by atoms with Crippen LogP contribution in [0, 0.1) is 0 Å². The summed E-state index contributed by atoms with van der Waals surface area (Å²) in [5.74, 6) is 1.74. The molecule has 0 fully saturated rings. The number of aromatic nitrogens is 1. The lowest BCUT2D eigenvalue weighted by Gasteiger charge is -2.12. The van der Waals surface area contributed by atoms with Crippen LogP contribution in [0.5, 0.6) is 17.4 Å². The number of hydrogen-bond acceptors (Lipinski definition) is 4. The average molecular weight is 357 g/mol. The number of pyridine rings is 1. The summed E-state index contributed by atoms with van der Waals surface area (Å²) in [6.45, 7) is 5.89. The molecular weight excluding hydrogens is 336 g/mol. The summed E-state index contributed by atoms with van der Waals surface area (Å²) in [4.78, 5) is 4.53. The van der Waals surface area contributed by atoms with Gasteiger partial charge in [0, 0.05) is 23.6 Å². The summed E-state index contributed by atoms with van der Waals surface area (Å²) in [6, 6.07) is 15.1. The van der Waals surface area contributed by atoms with Crippen LogP contribution in [0.1, 0.15) is 32.4 Å². The molecule has 0 aliphatic heterocycles. The lowest BCUT2D eigenvalue weighted by Crippen LogP contribution is -2.05. The normalized spacial score (nSPS) is 12.4. The molecule has 0 aliphatic rings. The van der Waals surface area contributed by atoms with Gasteiger partial charge in [-0.25, -0.2) is 4.98 Å². The van der Waals surface area contributed by atoms with E-state index in [1.165, 1.54) is 0 Å². The molecule has 0 bridgehead atoms. The van der Waals surface area contributed by atoms with Crippen molar-refractivity contribution < 1.29 is 9.47 Å². The minimum atomic E-state index is -0.00861. The predicted molar refractivity (Wildman–Crippen MR) is 102 cm³/mol. The Kier molecular flexibility index (Phi) is 5.11. The van der Waals surface area contributed by atoms with Crippen molar-refractivity contribution >= 4 is 22.5 Å². The highest BCUT2D eigenvalue weighted by Crippen LogP contribution is 2.33. The van der Waals surface area contributed by atoms with E-state index in [2.05, 4.69) is 4.98 Å². The number of benzene rings is 2. The van der Waals surface area contributed by atoms with Crippen LogP contribution in [0.2, 0.25) is 5.02 Å². The largest absolute Gasteiger partial charge is 0.491 e. The molecule has 1 unspecified atom stereocenters. The molecule has 0 saturated heterocycles. The second-order valence-electron chi connectivity index (χ2n) is 6.25. The van der Waals surface area contributed by atoms with E-state index in [0.29, 0.717) is 22.4 Å². The van der Waals surface area contributed by atoms with Gasteiger partial charge >= 0.3 is 0 Å². The van der Waals surface area contributed by atoms with Crippen LogP contribution >= 0.6 is 11.6 Å². The Bertz CT molecular complexity index is 894. The number of nitrogens with two attached hydrogens (primary N) is 1. The highest BCUT2D eigenvalue weighted by molar-refractivity contribution is 6.32. The molecule has 0 radical (unpaired) electrons. The molecule has 5 heteroatoms. The van der Waals surface area contributed by atoms with Crippen LogP contribution in [0.25, 0.3) is 10.9 Å². The van der Waals surface area contributed by atoms with E-state index in [4.69, 9.17) is 26.8 Å². The van der Waals surface area contributed by atoms with Crippen LogP contribution in [-0.4, -0.2) is 11.1 Å². The molecule has 0 amide bonds. The third kappa shape index (κ3) is 4.21. The fourth-order valence-corrected chi connectivity index (χ4v) is 2.70. The molecular formula is C20H21ClN2O2. The zero-order valence-electron chi connectivity index (χ0n) is 14.5. The first kappa shape index (κ1) is 17.5. The zero-order valence-corrected chi connectivity index (χ0v) is 15.2. The molecule has 1 heterocycles. The molecule has 2 N–H and O–H groups in total. The van der Waals surface area contributed by atoms with Gasteiger partial charge < -0.3 is 15.2 Å². The Balaban J connectivity index is 1.84. The van der Waals surface area contributed by atoms with Crippen molar-refractivity contribution in [1.29, 1.82) is 0 Å². The maximum absolute atomic E-state index is 6.29. The maximum atomic E-state index is 6.29. The summed E-state index contributed by atoms with van der Waals surface area (Å²) in [5.41, 5.74) is 7.85. The Labute approximate surface area is 152 Å². The second-order valence-corrected chi connectivity index (χ2v) is 6.66. The van der Waals surface area contributed by atoms with Gasteiger partial charge in [-0.05, 0) is 56.7 Å². The third-order valence-corrected chi connectivity index (χ3v) is 4.00. The van der Waals surface area contributed by atoms with E-state index in [1.54, 1.807) is 12.1 Å². The molecule has 1 aromatic heterocycles. The molecule has 0 spiro atoms. The summed E-state index contributed by atoms with van der Waals surface area (Å²) in [7, 11) is 0. The highest BCUT2D eigenvalue weighted by Gasteiger charge is 2.09. The first-order valence-electron chi connectivity index (χ1n) is 8.23. The lowest BCUT2D eigenvalue weighted by atomic mass is 10.1. The van der Waals surface area contributed by atoms with Crippen molar-refractivity contribution in [2.75, 3.05) is 0 Å². The topological polar surface area (TPSA) is 57.4 Å². The monoisotopic (exact) mass is 356 g/mol. The van der Waals surface area contributed by atoms with Crippen LogP contribution in [0.15, 0.2) is 48.5 Å². The highest BCUT2D eigenvalue weighted by atomic mass is 35.5. The van der Waals surface area contributed by atoms with E-state index in [0.717, 1.165) is 16.5 Å². The van der Waals surface area contributed by atoms with Crippen molar-refractivity contribution in [3.05, 3.63) is 59.1 Å². The number of rotatable bonds is 5. The van der Waals surface area contributed by atoms with Crippen molar-refractivity contribution in [3.8, 4) is 17.4 Å². The fourth-order valence-electron chi connectivity index (χ4n) is 2.49. The van der Waals surface area contributed by atoms with Crippen LogP contribution in [0.3, 0.4) is 0 Å². The minimum absolute atomic E-state index is 0.00861. The predicted octanol–water partition coefficient (Wildman–Crippen LogP) is 5.49. The van der Waals surface area contributed by atoms with Gasteiger partial charge in [-0.2, -0.15) is 0 Å². The molecule has 25 heavy (non-hydrogen) atoms. The van der Waals surface area contributed by atoms with E-state index in [-0.39, 0.29) is 12.1 Å². The van der Waals surface area contributed by atoms with Gasteiger partial charge in [-0.15, -0.1) is 0 Å². The molecule has 1 atom stereocenters. The van der Waals surface area contributed by atoms with E-state index < -0.39 is 0 Å². The van der Waals surface area contributed by atoms with Crippen molar-refractivity contribution in [1.82, 2.24) is 4.98 Å². The van der Waals surface area contributed by atoms with Crippen molar-refractivity contribution in [2.45, 2.75) is 32.9 Å². The molecule has 0 saturated carbocycles. The van der Waals surface area contributed by atoms with E-state index in [9.17, 15) is 0 Å². The van der Waals surface area contributed by atoms with Crippen LogP contribution in [-0.2, 0) is 0 Å². The fraction of sp³-hybridized carbons (Fsp3) is 0.250. The molecule has 2 aromatic carbocycles. The molecule has 3 rings (SSSR count). The third-order valence-electron chi connectivity index (χ3n) is 3.70. The Morgan fingerprint density at radius 2 is 1.80 bits per heavy atom. The second kappa shape index (κ2) is 7.30. The molecule has 3 aromatic rings. The number of ether oxygens (including phenoxy) is 2. The van der Waals surface area contributed by atoms with Gasteiger partial charge in [0.05, 0.1) is 16.6 Å². The van der Waals surface area contributed by atoms with Gasteiger partial charge in [-0.1, -0.05) is 17.7 Å². The van der Waals surface area contributed by atoms with E-state index in [1.807, 2.05) is 57.2 Å². The molecule has 130 valence electrons. The number of hydrogen-bond donors (Lipinski definition) is 1. The average Bonchev–Trinajstić information content (AvgIpc) is 2.56. The van der Waals surface area contributed by atoms with Crippen molar-refractivity contribution in [2.24, 2.45) is 5.73 Å². The quantitative estimate of drug-likeness (QED) is 0.656. The van der Waals surface area contributed by atoms with Gasteiger partial charge in [0.15, 0.2) is 0 Å². The first-order chi connectivity index (χ1) is 11.9. The standard InChI is InChI=1S/C20H21ClN2O2/c1-12(2)24-16-6-8-19(17(21)11-16)25-20-9-5-15-10-14(13(3)22)4-7-18(15)23-20/h4-13H,22H2,1-3H3. The number of nitrogens with zero attached hydrogens (tertiary/aromatic N) is 1. The molecule has 0 aliphatic carbocycles. The first-order valence-corrected chi connectivity index (χ1v) is 8.60. The minimum Gasteiger partial charge on any atom is -0.491 e. The van der Waals surface area contributed by atoms with Crippen LogP contribution < -0.4 is 15.2 Å². The lowest BCUT2D eigenvalue weighted by molar-refractivity contribution is 0.242. The van der Waals surface area contributed by atoms with Gasteiger partial charge in [0.25, 0.3) is 0 Å². The Morgan fingerprint density at radius 3 is 2.48 bits per heavy atom. The Morgan fingerprint density at radius 1 is 1.00 bits per heavy atom. The van der Waals surface area contributed by atoms with Crippen LogP contribution in [0.4, 0.5) is 0 Å². The van der Waals surface area contributed by atoms with Gasteiger partial charge in [0.2, 0.25) is 5.88 Å². The number of fused-ring (bicyclic) bond motifs is 1. The zero-order chi connectivity index (χ0) is 18.0. The SMILES string of the molecule is CC(C)Oc1ccc(Oc2ccc3cc(C(C)N)ccc3n2)c(Cl)c1. The maximum Gasteiger partial charge on any atom is 0.219 e. The summed E-state index contributed by atoms with van der Waals surface area (Å²) < 4.78 is 11.5. The Hall–Kier alpha value is -2.30. The summed E-state index contributed by atoms with van der Waals surface area (Å²) in [5, 5.41) is 1.50. The smallest absolute Gasteiger partial charge is 0.219 e. The number of halogens is 1.